The van der Waals surface area contributed by atoms with Crippen molar-refractivity contribution in [2.75, 3.05) is 5.73 Å². The number of hydrogen-bond donors (Lipinski definition) is 1. The molecular formula is C6H7N3S. The van der Waals surface area contributed by atoms with E-state index in [0.717, 1.165) is 10.7 Å². The molecule has 3 nitrogen and oxygen atoms in total. The summed E-state index contributed by atoms with van der Waals surface area (Å²) in [5.74, 6) is 1.58. The Morgan fingerprint density at radius 1 is 1.70 bits per heavy atom. The van der Waals surface area contributed by atoms with Crippen LogP contribution in [0.3, 0.4) is 0 Å². The van der Waals surface area contributed by atoms with E-state index in [1.807, 2.05) is 22.9 Å². The van der Waals surface area contributed by atoms with E-state index in [1.54, 1.807) is 11.3 Å². The molecule has 2 rings (SSSR count). The molecule has 2 N–H and O–H groups in total. The van der Waals surface area contributed by atoms with Crippen LogP contribution in [0, 0.1) is 6.92 Å². The molecule has 4 heteroatoms. The summed E-state index contributed by atoms with van der Waals surface area (Å²) < 4.78 is 1.99. The lowest BCUT2D eigenvalue weighted by molar-refractivity contribution is 1.06. The van der Waals surface area contributed by atoms with Gasteiger partial charge < -0.3 is 5.73 Å². The van der Waals surface area contributed by atoms with Crippen LogP contribution in [0.25, 0.3) is 4.83 Å². The molecule has 0 amide bonds. The zero-order valence-corrected chi connectivity index (χ0v) is 6.35. The Balaban J connectivity index is 2.98. The average Bonchev–Trinajstić information content (AvgIpc) is 2.39. The minimum Gasteiger partial charge on any atom is -0.381 e. The lowest BCUT2D eigenvalue weighted by Gasteiger charge is -1.81. The summed E-state index contributed by atoms with van der Waals surface area (Å²) in [6, 6.07) is 0. The molecule has 0 aliphatic heterocycles. The van der Waals surface area contributed by atoms with Crippen LogP contribution in [-0.2, 0) is 0 Å². The maximum atomic E-state index is 5.60. The number of hydrogen-bond acceptors (Lipinski definition) is 3. The van der Waals surface area contributed by atoms with Crippen molar-refractivity contribution in [3.8, 4) is 0 Å². The quantitative estimate of drug-likeness (QED) is 0.619. The lowest BCUT2D eigenvalue weighted by atomic mass is 10.7. The van der Waals surface area contributed by atoms with Gasteiger partial charge in [0, 0.05) is 11.6 Å². The molecule has 0 aliphatic rings. The van der Waals surface area contributed by atoms with Crippen molar-refractivity contribution < 1.29 is 0 Å². The Morgan fingerprint density at radius 2 is 2.50 bits per heavy atom. The molecule has 0 spiro atoms. The third-order valence-corrected chi connectivity index (χ3v) is 2.35. The molecule has 0 radical (unpaired) electrons. The first-order chi connectivity index (χ1) is 4.79. The first kappa shape index (κ1) is 5.73. The highest BCUT2D eigenvalue weighted by molar-refractivity contribution is 7.16. The number of nitrogens with two attached hydrogens (primary N) is 1. The van der Waals surface area contributed by atoms with Gasteiger partial charge in [-0.25, -0.2) is 4.98 Å². The van der Waals surface area contributed by atoms with E-state index < -0.39 is 0 Å². The van der Waals surface area contributed by atoms with E-state index in [-0.39, 0.29) is 0 Å². The summed E-state index contributed by atoms with van der Waals surface area (Å²) in [4.78, 5) is 5.14. The molecule has 0 atom stereocenters. The molecule has 0 unspecified atom stereocenters. The molecule has 2 aromatic rings. The summed E-state index contributed by atoms with van der Waals surface area (Å²) in [5.41, 5.74) is 5.60. The Bertz CT molecular complexity index is 328. The van der Waals surface area contributed by atoms with Crippen LogP contribution in [-0.4, -0.2) is 9.38 Å². The van der Waals surface area contributed by atoms with Crippen molar-refractivity contribution in [2.45, 2.75) is 6.92 Å². The minimum atomic E-state index is 0.632. The number of imidazole rings is 1. The maximum absolute atomic E-state index is 5.60. The van der Waals surface area contributed by atoms with Gasteiger partial charge in [0.15, 0.2) is 5.82 Å². The van der Waals surface area contributed by atoms with Gasteiger partial charge in [-0.15, -0.1) is 11.3 Å². The number of thiazole rings is 1. The Morgan fingerprint density at radius 3 is 3.20 bits per heavy atom. The highest BCUT2D eigenvalue weighted by atomic mass is 32.1. The van der Waals surface area contributed by atoms with Gasteiger partial charge >= 0.3 is 0 Å². The van der Waals surface area contributed by atoms with E-state index in [0.29, 0.717) is 5.82 Å². The highest BCUT2D eigenvalue weighted by Gasteiger charge is 2.03. The molecule has 0 aromatic carbocycles. The highest BCUT2D eigenvalue weighted by Crippen LogP contribution is 2.19. The van der Waals surface area contributed by atoms with Crippen molar-refractivity contribution in [3.63, 3.8) is 0 Å². The number of aryl methyl sites for hydroxylation is 1. The van der Waals surface area contributed by atoms with Crippen LogP contribution in [0.5, 0.6) is 0 Å². The van der Waals surface area contributed by atoms with Crippen molar-refractivity contribution >= 4 is 22.0 Å². The van der Waals surface area contributed by atoms with Crippen molar-refractivity contribution in [3.05, 3.63) is 17.4 Å². The number of nitrogens with zero attached hydrogens (tertiary/aromatic N) is 2. The summed E-state index contributed by atoms with van der Waals surface area (Å²) in [6.07, 6.45) is 1.97. The largest absolute Gasteiger partial charge is 0.381 e. The topological polar surface area (TPSA) is 43.3 Å². The summed E-state index contributed by atoms with van der Waals surface area (Å²) in [6.45, 7) is 1.94. The van der Waals surface area contributed by atoms with Crippen molar-refractivity contribution in [1.82, 2.24) is 9.38 Å². The normalized spacial score (nSPS) is 10.9. The number of anilines is 1. The molecule has 0 saturated carbocycles. The van der Waals surface area contributed by atoms with E-state index >= 15 is 0 Å². The van der Waals surface area contributed by atoms with Crippen LogP contribution in [0.4, 0.5) is 5.82 Å². The molecule has 0 bridgehead atoms. The molecule has 0 saturated heterocycles. The molecule has 2 heterocycles. The number of aromatic nitrogens is 2. The maximum Gasteiger partial charge on any atom is 0.160 e. The van der Waals surface area contributed by atoms with Crippen LogP contribution < -0.4 is 5.73 Å². The monoisotopic (exact) mass is 153 g/mol. The lowest BCUT2D eigenvalue weighted by Crippen LogP contribution is -1.82. The standard InChI is InChI=1S/C6H7N3S/c1-4-8-5(7)6-9(4)2-3-10-6/h2-3H,7H2,1H3. The van der Waals surface area contributed by atoms with E-state index in [9.17, 15) is 0 Å². The second-order valence-corrected chi connectivity index (χ2v) is 3.02. The molecule has 0 fully saturated rings. The Hall–Kier alpha value is -1.03. The Labute approximate surface area is 62.1 Å². The predicted octanol–water partition coefficient (Wildman–Crippen LogP) is 1.29. The van der Waals surface area contributed by atoms with E-state index in [2.05, 4.69) is 4.98 Å². The van der Waals surface area contributed by atoms with Crippen LogP contribution in [0.15, 0.2) is 11.6 Å². The zero-order chi connectivity index (χ0) is 7.14. The van der Waals surface area contributed by atoms with Crippen LogP contribution >= 0.6 is 11.3 Å². The third-order valence-electron chi connectivity index (χ3n) is 1.46. The van der Waals surface area contributed by atoms with Gasteiger partial charge in [0.05, 0.1) is 0 Å². The van der Waals surface area contributed by atoms with Gasteiger partial charge in [-0.05, 0) is 6.92 Å². The van der Waals surface area contributed by atoms with Gasteiger partial charge in [-0.3, -0.25) is 4.40 Å². The Kier molecular flexibility index (Phi) is 0.990. The third kappa shape index (κ3) is 0.565. The number of nitrogen functional groups attached to an aromatic ring is 1. The smallest absolute Gasteiger partial charge is 0.160 e. The second-order valence-electron chi connectivity index (χ2n) is 2.12. The fourth-order valence-corrected chi connectivity index (χ4v) is 1.78. The first-order valence-corrected chi connectivity index (χ1v) is 3.84. The van der Waals surface area contributed by atoms with Crippen molar-refractivity contribution in [2.24, 2.45) is 0 Å². The summed E-state index contributed by atoms with van der Waals surface area (Å²) in [7, 11) is 0. The minimum absolute atomic E-state index is 0.632. The van der Waals surface area contributed by atoms with Gasteiger partial charge in [-0.2, -0.15) is 0 Å². The van der Waals surface area contributed by atoms with Gasteiger partial charge in [0.2, 0.25) is 0 Å². The number of rotatable bonds is 0. The summed E-state index contributed by atoms with van der Waals surface area (Å²) >= 11 is 1.61. The van der Waals surface area contributed by atoms with Gasteiger partial charge in [-0.1, -0.05) is 0 Å². The predicted molar refractivity (Wildman–Crippen MR) is 42.2 cm³/mol. The summed E-state index contributed by atoms with van der Waals surface area (Å²) in [5, 5.41) is 2.00. The van der Waals surface area contributed by atoms with E-state index in [4.69, 9.17) is 5.73 Å². The van der Waals surface area contributed by atoms with E-state index in [1.165, 1.54) is 0 Å². The average molecular weight is 153 g/mol. The molecule has 2 aromatic heterocycles. The van der Waals surface area contributed by atoms with Gasteiger partial charge in [0.1, 0.15) is 10.7 Å². The fraction of sp³-hybridized carbons (Fsp3) is 0.167. The van der Waals surface area contributed by atoms with Gasteiger partial charge in [0.25, 0.3) is 0 Å². The van der Waals surface area contributed by atoms with Crippen LogP contribution in [0.2, 0.25) is 0 Å². The molecule has 10 heavy (non-hydrogen) atoms. The molecular weight excluding hydrogens is 146 g/mol. The van der Waals surface area contributed by atoms with Crippen LogP contribution in [0.1, 0.15) is 5.82 Å². The fourth-order valence-electron chi connectivity index (χ4n) is 0.995. The molecule has 0 aliphatic carbocycles. The zero-order valence-electron chi connectivity index (χ0n) is 5.53. The SMILES string of the molecule is Cc1nc(N)c2sccn12. The van der Waals surface area contributed by atoms with Crippen molar-refractivity contribution in [1.29, 1.82) is 0 Å². The molecule has 52 valence electrons. The second kappa shape index (κ2) is 1.73. The number of fused-ring (bicyclic) bond motifs is 1. The first-order valence-electron chi connectivity index (χ1n) is 2.96.